The van der Waals surface area contributed by atoms with Crippen LogP contribution in [0.1, 0.15) is 20.8 Å². The maximum absolute atomic E-state index is 4.61. The number of benzene rings is 1. The van der Waals surface area contributed by atoms with Gasteiger partial charge in [-0.25, -0.2) is 5.10 Å². The second kappa shape index (κ2) is 6.65. The number of hydrogen-bond acceptors (Lipinski definition) is 3. The molecular weight excluding hydrogens is 250 g/mol. The van der Waals surface area contributed by atoms with Gasteiger partial charge in [-0.15, -0.1) is 9.67 Å². The predicted molar refractivity (Wildman–Crippen MR) is 80.9 cm³/mol. The minimum atomic E-state index is 0.764. The summed E-state index contributed by atoms with van der Waals surface area (Å²) < 4.78 is 1.83. The van der Waals surface area contributed by atoms with Crippen LogP contribution >= 0.6 is 0 Å². The fourth-order valence-corrected chi connectivity index (χ4v) is 1.90. The Morgan fingerprint density at radius 3 is 2.75 bits per heavy atom. The van der Waals surface area contributed by atoms with Crippen LogP contribution in [-0.4, -0.2) is 21.6 Å². The van der Waals surface area contributed by atoms with E-state index in [0.717, 1.165) is 29.2 Å². The zero-order chi connectivity index (χ0) is 14.4. The molecule has 0 radical (unpaired) electrons. The summed E-state index contributed by atoms with van der Waals surface area (Å²) >= 11 is 0. The number of hydrogen-bond donors (Lipinski definition) is 2. The van der Waals surface area contributed by atoms with Crippen LogP contribution in [0.2, 0.25) is 0 Å². The van der Waals surface area contributed by atoms with Crippen LogP contribution < -0.4 is 10.00 Å². The lowest BCUT2D eigenvalue weighted by molar-refractivity contribution is -0.645. The molecule has 1 aromatic carbocycles. The van der Waals surface area contributed by atoms with E-state index in [1.165, 1.54) is 0 Å². The smallest absolute Gasteiger partial charge is 0.293 e. The van der Waals surface area contributed by atoms with Gasteiger partial charge >= 0.3 is 5.95 Å². The first-order valence-electron chi connectivity index (χ1n) is 6.94. The number of rotatable bonds is 3. The molecule has 0 bridgehead atoms. The summed E-state index contributed by atoms with van der Waals surface area (Å²) in [5.74, 6) is 1.59. The van der Waals surface area contributed by atoms with Crippen molar-refractivity contribution in [2.75, 3.05) is 11.9 Å². The quantitative estimate of drug-likeness (QED) is 0.719. The highest BCUT2D eigenvalue weighted by Gasteiger charge is 2.14. The standard InChI is InChI=1S/C13H13N5.C2H6/c1-2-14-13-15-9-16-18(13)12-8-7-10-5-3-4-6-11(10)17-12;1-2/h3-9H,2H2,1H3,(H,14,15,16);1-2H3/p+1. The molecule has 0 spiro atoms. The van der Waals surface area contributed by atoms with Gasteiger partial charge in [0.25, 0.3) is 5.82 Å². The van der Waals surface area contributed by atoms with Gasteiger partial charge < -0.3 is 0 Å². The highest BCUT2D eigenvalue weighted by molar-refractivity contribution is 5.78. The zero-order valence-electron chi connectivity index (χ0n) is 12.1. The molecule has 104 valence electrons. The van der Waals surface area contributed by atoms with E-state index in [1.54, 1.807) is 6.33 Å². The van der Waals surface area contributed by atoms with Gasteiger partial charge in [0.2, 0.25) is 0 Å². The highest BCUT2D eigenvalue weighted by Crippen LogP contribution is 2.12. The van der Waals surface area contributed by atoms with Gasteiger partial charge in [-0.2, -0.15) is 0 Å². The molecule has 0 aliphatic heterocycles. The second-order valence-electron chi connectivity index (χ2n) is 3.94. The van der Waals surface area contributed by atoms with Gasteiger partial charge in [0.05, 0.1) is 0 Å². The number of para-hydroxylation sites is 1. The van der Waals surface area contributed by atoms with Crippen molar-refractivity contribution in [3.8, 4) is 5.82 Å². The van der Waals surface area contributed by atoms with E-state index in [9.17, 15) is 0 Å². The van der Waals surface area contributed by atoms with Crippen molar-refractivity contribution < 1.29 is 4.68 Å². The van der Waals surface area contributed by atoms with Crippen LogP contribution in [0, 0.1) is 0 Å². The average Bonchev–Trinajstić information content (AvgIpc) is 2.97. The van der Waals surface area contributed by atoms with E-state index < -0.39 is 0 Å². The van der Waals surface area contributed by atoms with Crippen molar-refractivity contribution in [3.05, 3.63) is 42.7 Å². The monoisotopic (exact) mass is 270 g/mol. The van der Waals surface area contributed by atoms with E-state index in [4.69, 9.17) is 0 Å². The maximum Gasteiger partial charge on any atom is 0.370 e. The van der Waals surface area contributed by atoms with Crippen LogP contribution in [0.3, 0.4) is 0 Å². The third kappa shape index (κ3) is 2.77. The molecule has 2 aromatic heterocycles. The van der Waals surface area contributed by atoms with Crippen LogP contribution in [0.5, 0.6) is 0 Å². The fourth-order valence-electron chi connectivity index (χ4n) is 1.90. The number of nitrogens with zero attached hydrogens (tertiary/aromatic N) is 3. The Morgan fingerprint density at radius 1 is 1.15 bits per heavy atom. The molecule has 0 fully saturated rings. The minimum absolute atomic E-state index is 0.764. The molecule has 0 atom stereocenters. The normalized spacial score (nSPS) is 9.95. The molecule has 0 unspecified atom stereocenters. The van der Waals surface area contributed by atoms with E-state index >= 15 is 0 Å². The molecule has 3 rings (SSSR count). The lowest BCUT2D eigenvalue weighted by Gasteiger charge is -2.00. The Morgan fingerprint density at radius 2 is 1.95 bits per heavy atom. The van der Waals surface area contributed by atoms with Gasteiger partial charge in [-0.1, -0.05) is 37.0 Å². The topological polar surface area (TPSA) is 57.5 Å². The third-order valence-electron chi connectivity index (χ3n) is 2.73. The Bertz CT molecular complexity index is 675. The summed E-state index contributed by atoms with van der Waals surface area (Å²) in [5, 5.41) is 7.37. The molecule has 0 amide bonds. The van der Waals surface area contributed by atoms with Gasteiger partial charge in [-0.3, -0.25) is 5.32 Å². The Labute approximate surface area is 118 Å². The molecule has 0 aliphatic carbocycles. The first-order chi connectivity index (χ1) is 9.88. The average molecular weight is 270 g/mol. The van der Waals surface area contributed by atoms with E-state index in [2.05, 4.69) is 32.5 Å². The van der Waals surface area contributed by atoms with Crippen molar-refractivity contribution in [3.63, 3.8) is 0 Å². The number of fused-ring (bicyclic) bond motifs is 1. The molecule has 0 saturated carbocycles. The van der Waals surface area contributed by atoms with Crippen molar-refractivity contribution in [1.82, 2.24) is 15.1 Å². The molecule has 5 nitrogen and oxygen atoms in total. The Kier molecular flexibility index (Phi) is 4.65. The van der Waals surface area contributed by atoms with E-state index in [0.29, 0.717) is 0 Å². The van der Waals surface area contributed by atoms with Crippen LogP contribution in [-0.2, 0) is 0 Å². The molecule has 0 saturated heterocycles. The van der Waals surface area contributed by atoms with Crippen molar-refractivity contribution in [1.29, 1.82) is 0 Å². The zero-order valence-corrected chi connectivity index (χ0v) is 12.1. The first kappa shape index (κ1) is 14.0. The van der Waals surface area contributed by atoms with Crippen LogP contribution in [0.25, 0.3) is 16.7 Å². The predicted octanol–water partition coefficient (Wildman–Crippen LogP) is 2.69. The summed E-state index contributed by atoms with van der Waals surface area (Å²) in [6, 6.07) is 12.1. The number of H-pyrrole nitrogens is 1. The SMILES string of the molecule is CC.CCNc1nc[nH][n+]1-c1ccc2ccccc2n1. The second-order valence-corrected chi connectivity index (χ2v) is 3.94. The first-order valence-corrected chi connectivity index (χ1v) is 6.94. The Hall–Kier alpha value is -2.43. The van der Waals surface area contributed by atoms with E-state index in [-0.39, 0.29) is 0 Å². The fraction of sp³-hybridized carbons (Fsp3) is 0.267. The molecule has 0 aliphatic rings. The maximum atomic E-state index is 4.61. The van der Waals surface area contributed by atoms with Crippen LogP contribution in [0.15, 0.2) is 42.7 Å². The number of nitrogens with one attached hydrogen (secondary N) is 2. The lowest BCUT2D eigenvalue weighted by Crippen LogP contribution is -2.37. The lowest BCUT2D eigenvalue weighted by atomic mass is 10.2. The summed E-state index contributed by atoms with van der Waals surface area (Å²) in [4.78, 5) is 8.83. The number of aromatic nitrogens is 4. The Balaban J connectivity index is 0.000000704. The number of aromatic amines is 1. The number of pyridine rings is 1. The van der Waals surface area contributed by atoms with Gasteiger partial charge in [0.1, 0.15) is 5.52 Å². The van der Waals surface area contributed by atoms with Crippen molar-refractivity contribution >= 4 is 16.9 Å². The largest absolute Gasteiger partial charge is 0.370 e. The van der Waals surface area contributed by atoms with Crippen molar-refractivity contribution in [2.45, 2.75) is 20.8 Å². The molecule has 2 heterocycles. The summed E-state index contributed by atoms with van der Waals surface area (Å²) in [6.07, 6.45) is 1.65. The molecule has 5 heteroatoms. The minimum Gasteiger partial charge on any atom is -0.293 e. The molecular formula is C15H20N5+. The van der Waals surface area contributed by atoms with Crippen molar-refractivity contribution in [2.24, 2.45) is 0 Å². The van der Waals surface area contributed by atoms with Crippen LogP contribution in [0.4, 0.5) is 5.95 Å². The van der Waals surface area contributed by atoms with E-state index in [1.807, 2.05) is 49.7 Å². The summed E-state index contributed by atoms with van der Waals surface area (Å²) in [6.45, 7) is 6.85. The van der Waals surface area contributed by atoms with Gasteiger partial charge in [0, 0.05) is 18.0 Å². The molecule has 3 aromatic rings. The highest BCUT2D eigenvalue weighted by atomic mass is 15.4. The van der Waals surface area contributed by atoms with Gasteiger partial charge in [0.15, 0.2) is 6.33 Å². The third-order valence-corrected chi connectivity index (χ3v) is 2.73. The number of anilines is 1. The van der Waals surface area contributed by atoms with Gasteiger partial charge in [-0.05, 0) is 19.1 Å². The summed E-state index contributed by atoms with van der Waals surface area (Å²) in [7, 11) is 0. The summed E-state index contributed by atoms with van der Waals surface area (Å²) in [5.41, 5.74) is 0.972. The molecule has 2 N–H and O–H groups in total. The molecule has 20 heavy (non-hydrogen) atoms.